The Morgan fingerprint density at radius 1 is 1.10 bits per heavy atom. The number of halogens is 3. The fraction of sp³-hybridized carbons (Fsp3) is 0.0833. The van der Waals surface area contributed by atoms with Crippen molar-refractivity contribution in [2.75, 3.05) is 7.11 Å². The molecule has 0 aliphatic carbocycles. The first-order valence-electron chi connectivity index (χ1n) is 9.01. The van der Waals surface area contributed by atoms with Crippen molar-refractivity contribution in [3.8, 4) is 23.6 Å². The van der Waals surface area contributed by atoms with E-state index in [9.17, 15) is 5.26 Å². The zero-order valence-corrected chi connectivity index (χ0v) is 19.4. The van der Waals surface area contributed by atoms with Crippen LogP contribution in [0.3, 0.4) is 0 Å². The molecule has 154 valence electrons. The van der Waals surface area contributed by atoms with E-state index in [-0.39, 0.29) is 6.61 Å². The molecule has 31 heavy (non-hydrogen) atoms. The molecule has 0 saturated heterocycles. The largest absolute Gasteiger partial charge is 0.493 e. The van der Waals surface area contributed by atoms with Crippen molar-refractivity contribution < 1.29 is 9.47 Å². The Morgan fingerprint density at radius 3 is 2.58 bits per heavy atom. The number of nitrogens with zero attached hydrogens (tertiary/aromatic N) is 2. The number of rotatable bonds is 6. The van der Waals surface area contributed by atoms with E-state index in [1.807, 2.05) is 6.07 Å². The Kier molecular flexibility index (Phi) is 7.60. The first kappa shape index (κ1) is 22.7. The zero-order chi connectivity index (χ0) is 22.4. The molecule has 0 fully saturated rings. The lowest BCUT2D eigenvalue weighted by atomic mass is 10.0. The Hall–Kier alpha value is -2.96. The number of hydrogen-bond donors (Lipinski definition) is 0. The molecule has 0 heterocycles. The molecule has 0 saturated carbocycles. The van der Waals surface area contributed by atoms with Crippen LogP contribution in [0.4, 0.5) is 0 Å². The van der Waals surface area contributed by atoms with Crippen molar-refractivity contribution >= 4 is 50.8 Å². The number of allylic oxidation sites excluding steroid dienone is 1. The standard InChI is InChI=1S/C24H15BrCl2N2O2/c1-30-23-10-16(8-19(13-29)17-4-2-3-15(7-17)12-28)9-21(25)24(23)31-14-18-5-6-20(26)11-22(18)27/h2-11H,14H2,1H3/b19-8-. The van der Waals surface area contributed by atoms with Gasteiger partial charge in [0.05, 0.1) is 34.9 Å². The van der Waals surface area contributed by atoms with Gasteiger partial charge in [0.1, 0.15) is 6.61 Å². The molecule has 0 N–H and O–H groups in total. The van der Waals surface area contributed by atoms with Crippen molar-refractivity contribution in [1.82, 2.24) is 0 Å². The van der Waals surface area contributed by atoms with Crippen molar-refractivity contribution in [2.24, 2.45) is 0 Å². The van der Waals surface area contributed by atoms with E-state index < -0.39 is 0 Å². The Labute approximate surface area is 199 Å². The normalized spacial score (nSPS) is 10.8. The quantitative estimate of drug-likeness (QED) is 0.256. The highest BCUT2D eigenvalue weighted by Crippen LogP contribution is 2.38. The summed E-state index contributed by atoms with van der Waals surface area (Å²) in [7, 11) is 1.54. The summed E-state index contributed by atoms with van der Waals surface area (Å²) in [5, 5.41) is 19.8. The molecule has 4 nitrogen and oxygen atoms in total. The third-order valence-electron chi connectivity index (χ3n) is 4.37. The van der Waals surface area contributed by atoms with Crippen molar-refractivity contribution in [3.05, 3.63) is 91.4 Å². The van der Waals surface area contributed by atoms with Crippen LogP contribution in [0.25, 0.3) is 11.6 Å². The second-order valence-corrected chi connectivity index (χ2v) is 8.12. The highest BCUT2D eigenvalue weighted by molar-refractivity contribution is 9.10. The van der Waals surface area contributed by atoms with E-state index in [0.717, 1.165) is 11.1 Å². The number of nitriles is 2. The summed E-state index contributed by atoms with van der Waals surface area (Å²) in [6.07, 6.45) is 1.73. The Balaban J connectivity index is 1.91. The van der Waals surface area contributed by atoms with Crippen LogP contribution in [0, 0.1) is 22.7 Å². The van der Waals surface area contributed by atoms with Crippen LogP contribution in [-0.2, 0) is 6.61 Å². The molecule has 0 spiro atoms. The molecule has 0 aliphatic heterocycles. The Bertz CT molecular complexity index is 1240. The fourth-order valence-corrected chi connectivity index (χ4v) is 3.89. The molecule has 0 aromatic heterocycles. The van der Waals surface area contributed by atoms with Gasteiger partial charge in [-0.2, -0.15) is 10.5 Å². The lowest BCUT2D eigenvalue weighted by molar-refractivity contribution is 0.282. The lowest BCUT2D eigenvalue weighted by Gasteiger charge is -2.14. The van der Waals surface area contributed by atoms with Gasteiger partial charge in [0.25, 0.3) is 0 Å². The maximum absolute atomic E-state index is 9.62. The van der Waals surface area contributed by atoms with Gasteiger partial charge in [0.2, 0.25) is 0 Å². The molecule has 0 amide bonds. The van der Waals surface area contributed by atoms with Crippen LogP contribution >= 0.6 is 39.1 Å². The minimum atomic E-state index is 0.227. The van der Waals surface area contributed by atoms with E-state index in [4.69, 9.17) is 37.9 Å². The molecule has 7 heteroatoms. The summed E-state index contributed by atoms with van der Waals surface area (Å²) < 4.78 is 12.1. The minimum absolute atomic E-state index is 0.227. The van der Waals surface area contributed by atoms with Gasteiger partial charge in [-0.3, -0.25) is 0 Å². The molecular weight excluding hydrogens is 499 g/mol. The summed E-state index contributed by atoms with van der Waals surface area (Å²) in [4.78, 5) is 0. The Morgan fingerprint density at radius 2 is 1.90 bits per heavy atom. The number of hydrogen-bond acceptors (Lipinski definition) is 4. The van der Waals surface area contributed by atoms with Crippen LogP contribution in [0.15, 0.2) is 59.1 Å². The first-order valence-corrected chi connectivity index (χ1v) is 10.6. The molecule has 3 rings (SSSR count). The van der Waals surface area contributed by atoms with Gasteiger partial charge >= 0.3 is 0 Å². The van der Waals surface area contributed by atoms with E-state index in [0.29, 0.717) is 42.7 Å². The molecule has 0 bridgehead atoms. The molecular formula is C24H15BrCl2N2O2. The summed E-state index contributed by atoms with van der Waals surface area (Å²) >= 11 is 15.7. The second-order valence-electron chi connectivity index (χ2n) is 6.42. The van der Waals surface area contributed by atoms with Gasteiger partial charge in [-0.05, 0) is 69.5 Å². The van der Waals surface area contributed by atoms with E-state index in [2.05, 4.69) is 28.1 Å². The summed E-state index contributed by atoms with van der Waals surface area (Å²) in [6.45, 7) is 0.227. The molecule has 0 aliphatic rings. The van der Waals surface area contributed by atoms with Crippen LogP contribution in [0.2, 0.25) is 10.0 Å². The molecule has 3 aromatic rings. The predicted molar refractivity (Wildman–Crippen MR) is 126 cm³/mol. The van der Waals surface area contributed by atoms with Crippen LogP contribution in [0.5, 0.6) is 11.5 Å². The number of methoxy groups -OCH3 is 1. The van der Waals surface area contributed by atoms with Gasteiger partial charge in [-0.25, -0.2) is 0 Å². The second kappa shape index (κ2) is 10.4. The predicted octanol–water partition coefficient (Wildman–Crippen LogP) is 7.28. The number of benzene rings is 3. The lowest BCUT2D eigenvalue weighted by Crippen LogP contribution is -2.00. The molecule has 3 aromatic carbocycles. The highest BCUT2D eigenvalue weighted by Gasteiger charge is 2.13. The van der Waals surface area contributed by atoms with E-state index in [1.165, 1.54) is 0 Å². The van der Waals surface area contributed by atoms with Crippen molar-refractivity contribution in [3.63, 3.8) is 0 Å². The third kappa shape index (κ3) is 5.60. The van der Waals surface area contributed by atoms with E-state index >= 15 is 0 Å². The van der Waals surface area contributed by atoms with Gasteiger partial charge in [0.15, 0.2) is 11.5 Å². The van der Waals surface area contributed by atoms with Gasteiger partial charge < -0.3 is 9.47 Å². The fourth-order valence-electron chi connectivity index (χ4n) is 2.85. The first-order chi connectivity index (χ1) is 14.9. The van der Waals surface area contributed by atoms with Gasteiger partial charge in [-0.1, -0.05) is 41.4 Å². The van der Waals surface area contributed by atoms with Crippen LogP contribution in [0.1, 0.15) is 22.3 Å². The molecule has 0 atom stereocenters. The van der Waals surface area contributed by atoms with Crippen molar-refractivity contribution in [2.45, 2.75) is 6.61 Å². The van der Waals surface area contributed by atoms with Crippen molar-refractivity contribution in [1.29, 1.82) is 10.5 Å². The van der Waals surface area contributed by atoms with Crippen LogP contribution in [-0.4, -0.2) is 7.11 Å². The average Bonchev–Trinajstić information content (AvgIpc) is 2.77. The maximum atomic E-state index is 9.62. The average molecular weight is 514 g/mol. The number of ether oxygens (including phenoxy) is 2. The highest BCUT2D eigenvalue weighted by atomic mass is 79.9. The monoisotopic (exact) mass is 512 g/mol. The summed E-state index contributed by atoms with van der Waals surface area (Å²) in [6, 6.07) is 20.0. The minimum Gasteiger partial charge on any atom is -0.493 e. The third-order valence-corrected chi connectivity index (χ3v) is 5.55. The smallest absolute Gasteiger partial charge is 0.175 e. The topological polar surface area (TPSA) is 66.0 Å². The van der Waals surface area contributed by atoms with Crippen LogP contribution < -0.4 is 9.47 Å². The molecule has 0 radical (unpaired) electrons. The maximum Gasteiger partial charge on any atom is 0.175 e. The molecule has 0 unspecified atom stereocenters. The van der Waals surface area contributed by atoms with E-state index in [1.54, 1.807) is 61.7 Å². The zero-order valence-electron chi connectivity index (χ0n) is 16.3. The summed E-state index contributed by atoms with van der Waals surface area (Å²) in [5.74, 6) is 1.00. The SMILES string of the molecule is COc1cc(/C=C(/C#N)c2cccc(C#N)c2)cc(Br)c1OCc1ccc(Cl)cc1Cl. The van der Waals surface area contributed by atoms with Gasteiger partial charge in [-0.15, -0.1) is 0 Å². The summed E-state index contributed by atoms with van der Waals surface area (Å²) in [5.41, 5.74) is 3.09. The van der Waals surface area contributed by atoms with Gasteiger partial charge in [0, 0.05) is 15.6 Å².